The highest BCUT2D eigenvalue weighted by Crippen LogP contribution is 2.31. The van der Waals surface area contributed by atoms with Crippen LogP contribution in [0.5, 0.6) is 0 Å². The van der Waals surface area contributed by atoms with Gasteiger partial charge in [0, 0.05) is 37.6 Å². The zero-order chi connectivity index (χ0) is 16.6. The summed E-state index contributed by atoms with van der Waals surface area (Å²) in [6.45, 7) is 7.11. The fourth-order valence-electron chi connectivity index (χ4n) is 4.00. The van der Waals surface area contributed by atoms with Crippen molar-refractivity contribution < 1.29 is 14.2 Å². The third-order valence-corrected chi connectivity index (χ3v) is 5.85. The fraction of sp³-hybridized carbons (Fsp3) is 0.700. The van der Waals surface area contributed by atoms with Crippen molar-refractivity contribution in [1.82, 2.24) is 0 Å². The minimum absolute atomic E-state index is 0.410. The van der Waals surface area contributed by atoms with Crippen molar-refractivity contribution in [2.24, 2.45) is 5.92 Å². The first-order valence-electron chi connectivity index (χ1n) is 9.78. The highest BCUT2D eigenvalue weighted by Gasteiger charge is 2.31. The first-order chi connectivity index (χ1) is 12.3. The van der Waals surface area contributed by atoms with Crippen molar-refractivity contribution in [1.29, 1.82) is 0 Å². The summed E-state index contributed by atoms with van der Waals surface area (Å²) in [6, 6.07) is 9.11. The molecule has 0 aliphatic carbocycles. The van der Waals surface area contributed by atoms with Gasteiger partial charge in [0.1, 0.15) is 0 Å². The molecule has 4 aliphatic heterocycles. The molecule has 3 atom stereocenters. The Kier molecular flexibility index (Phi) is 4.32. The lowest BCUT2D eigenvalue weighted by molar-refractivity contribution is 0.316. The standard InChI is InChI=1S/C20H28N2O3/c1-3-17(22(10-19-13-24-19)11-20-14-25-20)4-2-16(1)21-7-5-15(6-8-21)9-18-12-23-18/h1-4,15,18-20H,5-14H2. The number of anilines is 2. The second kappa shape index (κ2) is 6.78. The van der Waals surface area contributed by atoms with Gasteiger partial charge >= 0.3 is 0 Å². The number of hydrogen-bond acceptors (Lipinski definition) is 5. The molecule has 4 fully saturated rings. The Morgan fingerprint density at radius 2 is 1.40 bits per heavy atom. The number of hydrogen-bond donors (Lipinski definition) is 0. The molecule has 4 heterocycles. The quantitative estimate of drug-likeness (QED) is 0.677. The summed E-state index contributed by atoms with van der Waals surface area (Å²) in [5, 5.41) is 0. The molecular weight excluding hydrogens is 316 g/mol. The van der Waals surface area contributed by atoms with Gasteiger partial charge in [-0.25, -0.2) is 0 Å². The monoisotopic (exact) mass is 344 g/mol. The van der Waals surface area contributed by atoms with Crippen LogP contribution in [0.2, 0.25) is 0 Å². The SMILES string of the molecule is c1cc(N(CC2CO2)CC2CO2)ccc1N1CCC(CC2CO2)CC1. The van der Waals surface area contributed by atoms with E-state index in [-0.39, 0.29) is 0 Å². The summed E-state index contributed by atoms with van der Waals surface area (Å²) in [7, 11) is 0. The molecule has 0 N–H and O–H groups in total. The van der Waals surface area contributed by atoms with E-state index in [1.54, 1.807) is 0 Å². The van der Waals surface area contributed by atoms with E-state index in [4.69, 9.17) is 14.2 Å². The number of nitrogens with zero attached hydrogens (tertiary/aromatic N) is 2. The number of epoxide rings is 3. The van der Waals surface area contributed by atoms with Crippen molar-refractivity contribution in [2.45, 2.75) is 37.6 Å². The Balaban J connectivity index is 1.18. The molecular formula is C20H28N2O3. The first kappa shape index (κ1) is 15.9. The molecule has 3 unspecified atom stereocenters. The van der Waals surface area contributed by atoms with Crippen LogP contribution in [0.4, 0.5) is 11.4 Å². The van der Waals surface area contributed by atoms with E-state index < -0.39 is 0 Å². The number of ether oxygens (including phenoxy) is 3. The van der Waals surface area contributed by atoms with E-state index >= 15 is 0 Å². The van der Waals surface area contributed by atoms with Crippen LogP contribution in [0, 0.1) is 5.92 Å². The van der Waals surface area contributed by atoms with Crippen LogP contribution >= 0.6 is 0 Å². The molecule has 1 aromatic rings. The van der Waals surface area contributed by atoms with Crippen LogP contribution < -0.4 is 9.80 Å². The van der Waals surface area contributed by atoms with Crippen LogP contribution in [0.3, 0.4) is 0 Å². The third-order valence-electron chi connectivity index (χ3n) is 5.85. The molecule has 25 heavy (non-hydrogen) atoms. The lowest BCUT2D eigenvalue weighted by Gasteiger charge is -2.34. The van der Waals surface area contributed by atoms with Crippen molar-refractivity contribution >= 4 is 11.4 Å². The van der Waals surface area contributed by atoms with Gasteiger partial charge < -0.3 is 24.0 Å². The molecule has 4 saturated heterocycles. The van der Waals surface area contributed by atoms with E-state index in [2.05, 4.69) is 34.1 Å². The molecule has 0 aromatic heterocycles. The maximum Gasteiger partial charge on any atom is 0.0984 e. The van der Waals surface area contributed by atoms with Crippen LogP contribution in [-0.2, 0) is 14.2 Å². The Morgan fingerprint density at radius 3 is 1.92 bits per heavy atom. The molecule has 5 rings (SSSR count). The van der Waals surface area contributed by atoms with Crippen LogP contribution in [0.1, 0.15) is 19.3 Å². The summed E-state index contributed by atoms with van der Waals surface area (Å²) in [6.07, 6.45) is 5.26. The van der Waals surface area contributed by atoms with Crippen LogP contribution in [-0.4, -0.2) is 64.3 Å². The van der Waals surface area contributed by atoms with Gasteiger partial charge in [-0.1, -0.05) is 0 Å². The molecule has 0 saturated carbocycles. The second-order valence-electron chi connectivity index (χ2n) is 7.95. The van der Waals surface area contributed by atoms with Crippen molar-refractivity contribution in [3.8, 4) is 0 Å². The second-order valence-corrected chi connectivity index (χ2v) is 7.95. The molecule has 0 amide bonds. The largest absolute Gasteiger partial charge is 0.373 e. The molecule has 4 aliphatic rings. The highest BCUT2D eigenvalue weighted by molar-refractivity contribution is 5.57. The maximum absolute atomic E-state index is 5.42. The number of rotatable bonds is 8. The van der Waals surface area contributed by atoms with Crippen molar-refractivity contribution in [3.63, 3.8) is 0 Å². The van der Waals surface area contributed by atoms with E-state index in [1.165, 1.54) is 43.7 Å². The van der Waals surface area contributed by atoms with Gasteiger partial charge in [0.05, 0.1) is 38.1 Å². The van der Waals surface area contributed by atoms with Gasteiger partial charge in [-0.05, 0) is 49.4 Å². The third kappa shape index (κ3) is 4.27. The summed E-state index contributed by atoms with van der Waals surface area (Å²) in [5.41, 5.74) is 2.64. The number of piperidine rings is 1. The van der Waals surface area contributed by atoms with Crippen molar-refractivity contribution in [2.75, 3.05) is 55.8 Å². The molecule has 136 valence electrons. The van der Waals surface area contributed by atoms with Gasteiger partial charge in [-0.2, -0.15) is 0 Å². The van der Waals surface area contributed by atoms with Gasteiger partial charge in [0.15, 0.2) is 0 Å². The average Bonchev–Trinajstić information content (AvgIpc) is 3.47. The smallest absolute Gasteiger partial charge is 0.0984 e. The summed E-state index contributed by atoms with van der Waals surface area (Å²) >= 11 is 0. The predicted molar refractivity (Wildman–Crippen MR) is 97.4 cm³/mol. The predicted octanol–water partition coefficient (Wildman–Crippen LogP) is 2.30. The highest BCUT2D eigenvalue weighted by atomic mass is 16.6. The van der Waals surface area contributed by atoms with Gasteiger partial charge in [-0.15, -0.1) is 0 Å². The van der Waals surface area contributed by atoms with E-state index in [0.29, 0.717) is 18.3 Å². The van der Waals surface area contributed by atoms with E-state index in [0.717, 1.165) is 38.8 Å². The number of benzene rings is 1. The normalized spacial score (nSPS) is 31.0. The van der Waals surface area contributed by atoms with Crippen LogP contribution in [0.25, 0.3) is 0 Å². The van der Waals surface area contributed by atoms with Gasteiger partial charge in [0.2, 0.25) is 0 Å². The van der Waals surface area contributed by atoms with Gasteiger partial charge in [-0.3, -0.25) is 0 Å². The average molecular weight is 344 g/mol. The topological polar surface area (TPSA) is 44.1 Å². The lowest BCUT2D eigenvalue weighted by Crippen LogP contribution is -2.34. The zero-order valence-corrected chi connectivity index (χ0v) is 14.8. The molecule has 1 aromatic carbocycles. The van der Waals surface area contributed by atoms with Crippen LogP contribution in [0.15, 0.2) is 24.3 Å². The minimum Gasteiger partial charge on any atom is -0.373 e. The minimum atomic E-state index is 0.410. The summed E-state index contributed by atoms with van der Waals surface area (Å²) < 4.78 is 16.2. The summed E-state index contributed by atoms with van der Waals surface area (Å²) in [5.74, 6) is 0.857. The first-order valence-corrected chi connectivity index (χ1v) is 9.78. The Labute approximate surface area is 149 Å². The fourth-order valence-corrected chi connectivity index (χ4v) is 4.00. The van der Waals surface area contributed by atoms with E-state index in [1.807, 2.05) is 0 Å². The lowest BCUT2D eigenvalue weighted by atomic mass is 9.92. The summed E-state index contributed by atoms with van der Waals surface area (Å²) in [4.78, 5) is 4.95. The Hall–Kier alpha value is -1.30. The van der Waals surface area contributed by atoms with Crippen molar-refractivity contribution in [3.05, 3.63) is 24.3 Å². The zero-order valence-electron chi connectivity index (χ0n) is 14.8. The Bertz CT molecular complexity index is 559. The molecule has 0 bridgehead atoms. The molecule has 5 heteroatoms. The van der Waals surface area contributed by atoms with Gasteiger partial charge in [0.25, 0.3) is 0 Å². The molecule has 5 nitrogen and oxygen atoms in total. The molecule has 0 spiro atoms. The Morgan fingerprint density at radius 1 is 0.840 bits per heavy atom. The molecule has 0 radical (unpaired) electrons. The van der Waals surface area contributed by atoms with E-state index in [9.17, 15) is 0 Å². The maximum atomic E-state index is 5.42.